The van der Waals surface area contributed by atoms with Crippen molar-refractivity contribution in [2.24, 2.45) is 5.92 Å². The van der Waals surface area contributed by atoms with Crippen LogP contribution in [-0.2, 0) is 10.0 Å². The summed E-state index contributed by atoms with van der Waals surface area (Å²) in [5.41, 5.74) is 0. The minimum atomic E-state index is -3.43. The molecule has 0 aromatic heterocycles. The number of nitrogens with one attached hydrogen (secondary N) is 2. The molecule has 1 rings (SSSR count). The predicted octanol–water partition coefficient (Wildman–Crippen LogP) is 1.58. The summed E-state index contributed by atoms with van der Waals surface area (Å²) in [6, 6.07) is 6.78. The summed E-state index contributed by atoms with van der Waals surface area (Å²) in [7, 11) is -1.58. The van der Waals surface area contributed by atoms with Crippen LogP contribution in [-0.4, -0.2) is 28.6 Å². The molecule has 0 spiro atoms. The van der Waals surface area contributed by atoms with Gasteiger partial charge in [-0.05, 0) is 47.6 Å². The first kappa shape index (κ1) is 14.6. The van der Waals surface area contributed by atoms with Crippen LogP contribution in [0.4, 0.5) is 0 Å². The Morgan fingerprint density at radius 2 is 1.94 bits per heavy atom. The van der Waals surface area contributed by atoms with Gasteiger partial charge >= 0.3 is 0 Å². The summed E-state index contributed by atoms with van der Waals surface area (Å²) in [5, 5.41) is 3.01. The summed E-state index contributed by atoms with van der Waals surface area (Å²) >= 11 is 3.24. The second-order valence-corrected chi connectivity index (χ2v) is 6.53. The van der Waals surface area contributed by atoms with E-state index < -0.39 is 10.0 Å². The van der Waals surface area contributed by atoms with E-state index in [-0.39, 0.29) is 10.8 Å². The van der Waals surface area contributed by atoms with Crippen LogP contribution in [0.3, 0.4) is 0 Å². The van der Waals surface area contributed by atoms with Crippen LogP contribution in [0.15, 0.2) is 33.6 Å². The van der Waals surface area contributed by atoms with Gasteiger partial charge in [-0.2, -0.15) is 0 Å². The van der Waals surface area contributed by atoms with Crippen LogP contribution in [0.25, 0.3) is 0 Å². The van der Waals surface area contributed by atoms with Gasteiger partial charge in [-0.1, -0.05) is 19.1 Å². The molecule has 4 nitrogen and oxygen atoms in total. The third kappa shape index (κ3) is 4.39. The summed E-state index contributed by atoms with van der Waals surface area (Å²) in [6.45, 7) is 3.18. The van der Waals surface area contributed by atoms with Gasteiger partial charge in [0.15, 0.2) is 0 Å². The van der Waals surface area contributed by atoms with E-state index >= 15 is 0 Å². The highest BCUT2D eigenvalue weighted by Gasteiger charge is 2.17. The molecule has 1 aromatic rings. The van der Waals surface area contributed by atoms with Gasteiger partial charge in [0, 0.05) is 11.0 Å². The van der Waals surface area contributed by atoms with Crippen molar-refractivity contribution in [3.05, 3.63) is 28.7 Å². The Morgan fingerprint density at radius 1 is 1.29 bits per heavy atom. The third-order valence-corrected chi connectivity index (χ3v) is 4.74. The van der Waals surface area contributed by atoms with Gasteiger partial charge in [-0.25, -0.2) is 13.1 Å². The van der Waals surface area contributed by atoms with Gasteiger partial charge < -0.3 is 5.32 Å². The fraction of sp³-hybridized carbons (Fsp3) is 0.455. The topological polar surface area (TPSA) is 58.2 Å². The van der Waals surface area contributed by atoms with E-state index in [1.807, 2.05) is 14.0 Å². The standard InChI is InChI=1S/C11H17BrN2O2S/c1-9(7-13-2)8-14-17(15,16)11-6-4-3-5-10(11)12/h3-6,9,13-14H,7-8H2,1-2H3. The Balaban J connectivity index is 2.73. The summed E-state index contributed by atoms with van der Waals surface area (Å²) < 4.78 is 27.2. The molecule has 2 N–H and O–H groups in total. The minimum absolute atomic E-state index is 0.247. The highest BCUT2D eigenvalue weighted by molar-refractivity contribution is 9.10. The SMILES string of the molecule is CNCC(C)CNS(=O)(=O)c1ccccc1Br. The van der Waals surface area contributed by atoms with Crippen LogP contribution in [0.2, 0.25) is 0 Å². The lowest BCUT2D eigenvalue weighted by atomic mass is 10.2. The largest absolute Gasteiger partial charge is 0.319 e. The minimum Gasteiger partial charge on any atom is -0.319 e. The molecule has 0 radical (unpaired) electrons. The first-order valence-corrected chi connectivity index (χ1v) is 7.64. The number of halogens is 1. The first-order valence-electron chi connectivity index (χ1n) is 5.36. The van der Waals surface area contributed by atoms with Gasteiger partial charge in [0.05, 0.1) is 4.90 Å². The fourth-order valence-electron chi connectivity index (χ4n) is 1.41. The van der Waals surface area contributed by atoms with Crippen LogP contribution < -0.4 is 10.0 Å². The van der Waals surface area contributed by atoms with Crippen molar-refractivity contribution < 1.29 is 8.42 Å². The first-order chi connectivity index (χ1) is 7.97. The molecule has 1 atom stereocenters. The van der Waals surface area contributed by atoms with Gasteiger partial charge in [-0.3, -0.25) is 0 Å². The molecule has 0 saturated carbocycles. The Labute approximate surface area is 111 Å². The van der Waals surface area contributed by atoms with E-state index in [0.29, 0.717) is 11.0 Å². The van der Waals surface area contributed by atoms with Crippen LogP contribution in [0.1, 0.15) is 6.92 Å². The number of hydrogen-bond acceptors (Lipinski definition) is 3. The molecular formula is C11H17BrN2O2S. The van der Waals surface area contributed by atoms with E-state index in [1.165, 1.54) is 0 Å². The van der Waals surface area contributed by atoms with Gasteiger partial charge in [-0.15, -0.1) is 0 Å². The van der Waals surface area contributed by atoms with Crippen molar-refractivity contribution in [3.63, 3.8) is 0 Å². The van der Waals surface area contributed by atoms with Crippen LogP contribution in [0, 0.1) is 5.92 Å². The van der Waals surface area contributed by atoms with Gasteiger partial charge in [0.1, 0.15) is 0 Å². The summed E-state index contributed by atoms with van der Waals surface area (Å²) in [5.74, 6) is 0.247. The molecule has 6 heteroatoms. The Morgan fingerprint density at radius 3 is 2.53 bits per heavy atom. The molecule has 0 aliphatic carbocycles. The molecule has 0 bridgehead atoms. The Hall–Kier alpha value is -0.430. The van der Waals surface area contributed by atoms with Crippen LogP contribution >= 0.6 is 15.9 Å². The van der Waals surface area contributed by atoms with Crippen molar-refractivity contribution in [1.82, 2.24) is 10.0 Å². The van der Waals surface area contributed by atoms with Crippen LogP contribution in [0.5, 0.6) is 0 Å². The fourth-order valence-corrected chi connectivity index (χ4v) is 3.58. The van der Waals surface area contributed by atoms with Crippen molar-refractivity contribution >= 4 is 26.0 Å². The van der Waals surface area contributed by atoms with E-state index in [9.17, 15) is 8.42 Å². The van der Waals surface area contributed by atoms with E-state index in [4.69, 9.17) is 0 Å². The molecule has 17 heavy (non-hydrogen) atoms. The summed E-state index contributed by atoms with van der Waals surface area (Å²) in [6.07, 6.45) is 0. The molecule has 96 valence electrons. The highest BCUT2D eigenvalue weighted by Crippen LogP contribution is 2.20. The summed E-state index contributed by atoms with van der Waals surface area (Å²) in [4.78, 5) is 0.275. The Bertz CT molecular complexity index is 462. The van der Waals surface area contributed by atoms with E-state index in [0.717, 1.165) is 6.54 Å². The number of hydrogen-bond donors (Lipinski definition) is 2. The average Bonchev–Trinajstić information content (AvgIpc) is 2.27. The third-order valence-electron chi connectivity index (χ3n) is 2.30. The molecule has 1 unspecified atom stereocenters. The van der Waals surface area contributed by atoms with Gasteiger partial charge in [0.2, 0.25) is 10.0 Å². The lowest BCUT2D eigenvalue weighted by molar-refractivity contribution is 0.519. The van der Waals surface area contributed by atoms with Crippen molar-refractivity contribution in [1.29, 1.82) is 0 Å². The Kier molecular flexibility index (Phi) is 5.58. The van der Waals surface area contributed by atoms with Crippen molar-refractivity contribution in [3.8, 4) is 0 Å². The van der Waals surface area contributed by atoms with Gasteiger partial charge in [0.25, 0.3) is 0 Å². The molecule has 0 aliphatic heterocycles. The monoisotopic (exact) mass is 320 g/mol. The maximum Gasteiger partial charge on any atom is 0.241 e. The lowest BCUT2D eigenvalue weighted by Crippen LogP contribution is -2.32. The van der Waals surface area contributed by atoms with E-state index in [1.54, 1.807) is 24.3 Å². The maximum atomic E-state index is 12.0. The highest BCUT2D eigenvalue weighted by atomic mass is 79.9. The maximum absolute atomic E-state index is 12.0. The molecule has 1 aromatic carbocycles. The predicted molar refractivity (Wildman–Crippen MR) is 72.4 cm³/mol. The molecule has 0 aliphatic rings. The normalized spacial score (nSPS) is 13.6. The second-order valence-electron chi connectivity index (χ2n) is 3.95. The van der Waals surface area contributed by atoms with E-state index in [2.05, 4.69) is 26.0 Å². The molecule has 0 saturated heterocycles. The number of rotatable bonds is 6. The zero-order valence-electron chi connectivity index (χ0n) is 9.90. The molecule has 0 heterocycles. The zero-order valence-corrected chi connectivity index (χ0v) is 12.3. The average molecular weight is 321 g/mol. The quantitative estimate of drug-likeness (QED) is 0.836. The second kappa shape index (κ2) is 6.49. The molecule has 0 fully saturated rings. The number of sulfonamides is 1. The number of benzene rings is 1. The van der Waals surface area contributed by atoms with Crippen molar-refractivity contribution in [2.45, 2.75) is 11.8 Å². The zero-order chi connectivity index (χ0) is 12.9. The molecular weight excluding hydrogens is 304 g/mol. The van der Waals surface area contributed by atoms with Crippen molar-refractivity contribution in [2.75, 3.05) is 20.1 Å². The lowest BCUT2D eigenvalue weighted by Gasteiger charge is -2.13. The molecule has 0 amide bonds. The smallest absolute Gasteiger partial charge is 0.241 e.